The van der Waals surface area contributed by atoms with E-state index in [9.17, 15) is 41.5 Å². The number of hydrogen-bond acceptors (Lipinski definition) is 18. The molecule has 1 aliphatic carbocycles. The van der Waals surface area contributed by atoms with Crippen molar-refractivity contribution in [3.63, 3.8) is 0 Å². The van der Waals surface area contributed by atoms with Crippen molar-refractivity contribution in [3.8, 4) is 56.3 Å². The molecule has 0 spiro atoms. The maximum atomic E-state index is 14.3. The Bertz CT molecular complexity index is 5200. The van der Waals surface area contributed by atoms with Crippen molar-refractivity contribution < 1.29 is 84.2 Å². The van der Waals surface area contributed by atoms with Gasteiger partial charge in [-0.1, -0.05) is 64.1 Å². The number of benzene rings is 6. The van der Waals surface area contributed by atoms with E-state index in [1.54, 1.807) is 35.1 Å². The molecule has 4 fully saturated rings. The van der Waals surface area contributed by atoms with Gasteiger partial charge in [0.2, 0.25) is 11.8 Å². The quantitative estimate of drug-likeness (QED) is 0.0362. The van der Waals surface area contributed by atoms with Crippen LogP contribution in [0.4, 0.5) is 43.3 Å². The summed E-state index contributed by atoms with van der Waals surface area (Å²) in [6.45, 7) is 11.3. The summed E-state index contributed by atoms with van der Waals surface area (Å²) in [5, 5.41) is 9.45. The number of H-pyrrole nitrogens is 2. The van der Waals surface area contributed by atoms with Crippen molar-refractivity contribution in [2.75, 3.05) is 68.0 Å². The number of hydrogen-bond donors (Lipinski definition) is 4. The van der Waals surface area contributed by atoms with Gasteiger partial charge in [-0.2, -0.15) is 17.6 Å². The first kappa shape index (κ1) is 82.6. The fourth-order valence-electron chi connectivity index (χ4n) is 18.6. The predicted octanol–water partition coefficient (Wildman–Crippen LogP) is 16.4. The summed E-state index contributed by atoms with van der Waals surface area (Å²) < 4.78 is 101. The summed E-state index contributed by atoms with van der Waals surface area (Å²) in [6.07, 6.45) is 7.70. The summed E-state index contributed by atoms with van der Waals surface area (Å²) in [4.78, 5) is 97.8. The molecule has 118 heavy (non-hydrogen) atoms. The fourth-order valence-corrected chi connectivity index (χ4v) is 18.6. The lowest BCUT2D eigenvalue weighted by molar-refractivity contribution is -0.143. The molecular weight excluding hydrogens is 1520 g/mol. The Morgan fingerprint density at radius 3 is 1.61 bits per heavy atom. The van der Waals surface area contributed by atoms with Gasteiger partial charge in [0.15, 0.2) is 0 Å². The van der Waals surface area contributed by atoms with Crippen LogP contribution in [0.2, 0.25) is 0 Å². The van der Waals surface area contributed by atoms with Crippen molar-refractivity contribution in [1.82, 2.24) is 45.3 Å². The number of methoxy groups -OCH3 is 4. The number of nitrogens with one attached hydrogen (secondary N) is 4. The zero-order valence-electron chi connectivity index (χ0n) is 68.6. The average Bonchev–Trinajstić information content (AvgIpc) is 1.43. The average molecular weight is 1630 g/mol. The topological polar surface area (TPSA) is 284 Å². The molecule has 25 nitrogen and oxygen atoms in total. The summed E-state index contributed by atoms with van der Waals surface area (Å²) in [6, 6.07) is 25.9. The van der Waals surface area contributed by atoms with E-state index < -0.39 is 67.2 Å². The van der Waals surface area contributed by atoms with E-state index in [2.05, 4.69) is 79.9 Å². The molecule has 6 aromatic carbocycles. The molecule has 16 rings (SSSR count). The number of amides is 5. The first-order valence-electron chi connectivity index (χ1n) is 40.7. The number of halogens is 4. The van der Waals surface area contributed by atoms with Gasteiger partial charge >= 0.3 is 31.5 Å². The zero-order valence-corrected chi connectivity index (χ0v) is 68.6. The number of fused-ring (bicyclic) bond motifs is 12. The van der Waals surface area contributed by atoms with Crippen molar-refractivity contribution >= 4 is 74.4 Å². The molecule has 0 unspecified atom stereocenters. The Kier molecular flexibility index (Phi) is 24.1. The van der Waals surface area contributed by atoms with Gasteiger partial charge in [0, 0.05) is 99.0 Å². The van der Waals surface area contributed by atoms with Crippen LogP contribution in [0.25, 0.3) is 66.3 Å². The number of ether oxygens (including phenoxy) is 9. The highest BCUT2D eigenvalue weighted by atomic mass is 19.3. The van der Waals surface area contributed by atoms with E-state index >= 15 is 0 Å². The Morgan fingerprint density at radius 2 is 1.07 bits per heavy atom. The molecule has 2 aromatic heterocycles. The second kappa shape index (κ2) is 34.5. The second-order valence-electron chi connectivity index (χ2n) is 34.1. The third-order valence-electron chi connectivity index (χ3n) is 24.4. The van der Waals surface area contributed by atoms with E-state index in [-0.39, 0.29) is 67.3 Å². The minimum atomic E-state index is -2.95. The number of aliphatic imine (C=N–C) groups is 2. The van der Waals surface area contributed by atoms with E-state index in [0.29, 0.717) is 76.1 Å². The van der Waals surface area contributed by atoms with Gasteiger partial charge in [0.25, 0.3) is 0 Å². The number of likely N-dealkylation sites (tertiary alicyclic amines) is 3. The van der Waals surface area contributed by atoms with E-state index in [4.69, 9.17) is 57.8 Å². The van der Waals surface area contributed by atoms with Crippen LogP contribution in [-0.4, -0.2) is 193 Å². The van der Waals surface area contributed by atoms with Crippen molar-refractivity contribution in [3.05, 3.63) is 131 Å². The molecule has 0 bridgehead atoms. The molecule has 8 aromatic rings. The molecule has 3 saturated heterocycles. The third kappa shape index (κ3) is 17.1. The first-order chi connectivity index (χ1) is 56.6. The number of alkyl carbamates (subject to hydrolysis) is 2. The number of imidazole rings is 2. The van der Waals surface area contributed by atoms with Crippen LogP contribution >= 0.6 is 0 Å². The van der Waals surface area contributed by atoms with Crippen LogP contribution in [0.5, 0.6) is 11.5 Å². The van der Waals surface area contributed by atoms with Crippen LogP contribution in [0.3, 0.4) is 0 Å². The van der Waals surface area contributed by atoms with Crippen molar-refractivity contribution in [2.24, 2.45) is 45.5 Å². The Labute approximate surface area is 682 Å². The highest BCUT2D eigenvalue weighted by molar-refractivity contribution is 6.08. The maximum absolute atomic E-state index is 14.3. The molecule has 9 heterocycles. The summed E-state index contributed by atoms with van der Waals surface area (Å²) in [7, 11) is 5.92. The number of rotatable bonds is 22. The molecule has 0 radical (unpaired) electrons. The van der Waals surface area contributed by atoms with Crippen LogP contribution in [0.1, 0.15) is 140 Å². The molecule has 1 saturated carbocycles. The molecule has 8 aliphatic rings. The largest absolute Gasteiger partial charge is 0.488 e. The normalized spacial score (nSPS) is 22.1. The van der Waals surface area contributed by atoms with Crippen LogP contribution < -0.4 is 20.1 Å². The molecular formula is C89H103F4N11O14. The molecule has 4 N–H and O–H groups in total. The van der Waals surface area contributed by atoms with Gasteiger partial charge in [-0.25, -0.2) is 24.4 Å². The van der Waals surface area contributed by atoms with Gasteiger partial charge < -0.3 is 73.0 Å². The number of carbonyl (C=O) groups is 5. The molecule has 7 aliphatic heterocycles. The Morgan fingerprint density at radius 1 is 0.559 bits per heavy atom. The number of nitrogens with zero attached hydrogens (tertiary/aromatic N) is 7. The van der Waals surface area contributed by atoms with E-state index in [0.717, 1.165) is 148 Å². The zero-order chi connectivity index (χ0) is 83.3. The van der Waals surface area contributed by atoms with E-state index in [1.165, 1.54) is 20.6 Å². The number of aromatic amines is 2. The monoisotopic (exact) mass is 1630 g/mol. The van der Waals surface area contributed by atoms with Crippen molar-refractivity contribution in [1.29, 1.82) is 0 Å². The highest BCUT2D eigenvalue weighted by Crippen LogP contribution is 2.49. The van der Waals surface area contributed by atoms with Gasteiger partial charge in [-0.3, -0.25) is 24.5 Å². The number of carbonyl (C=O) groups excluding carboxylic acids is 5. The third-order valence-corrected chi connectivity index (χ3v) is 24.4. The lowest BCUT2D eigenvalue weighted by Gasteiger charge is -2.34. The molecule has 626 valence electrons. The second-order valence-corrected chi connectivity index (χ2v) is 34.1. The molecule has 5 amide bonds. The predicted molar refractivity (Wildman–Crippen MR) is 436 cm³/mol. The number of alkyl halides is 4. The highest BCUT2D eigenvalue weighted by Gasteiger charge is 2.49. The fraction of sp³-hybridized carbons (Fsp3) is 0.494. The Balaban J connectivity index is 0.000000191. The lowest BCUT2D eigenvalue weighted by Crippen LogP contribution is -2.55. The smallest absolute Gasteiger partial charge is 0.410 e. The van der Waals surface area contributed by atoms with Gasteiger partial charge in [0.05, 0.1) is 87.3 Å². The minimum Gasteiger partial charge on any atom is -0.488 e. The SMILES string of the molecule is COC[C@@H]1CC[C@H](c2ncc(-c3ccc4c(c3)COc3cc5c6c(ccc5cc3-4)N=C([C@@H]3C[C@H](COC(F)F)CN3C(=O)OC(C)(C)C)C6)[nH]2)C1.COC[C@H]1C[C@@H](c2ncc(-c3ccc4c(c3)COc3cc5c6c(ccc5cc3-4)N=C([C@@H]3C[C@H](COC(F)F)[C@H](C)N3C(=O)[C@@H](NC(=O)OC)C(C)C)C6)[nH]2)N(C(=O)[C@@H](NC(=O)OC)C(C)C)C1. The Hall–Kier alpha value is -10.5. The van der Waals surface area contributed by atoms with Gasteiger partial charge in [-0.05, 0) is 199 Å². The molecule has 29 heteroatoms. The summed E-state index contributed by atoms with van der Waals surface area (Å²) in [5.74, 6) is 2.70. The standard InChI is InChI=1S/C49H59F2N7O9.C40H44F2N4O5/c1-24(2)42(55-48(61)64-7)45(59)57-20-27(21-63-6)13-40(57)44-52-19-38(54-44)29-9-11-32-31(14-29)23-66-41-18-33-28(15-35(32)41)10-12-36-34(33)17-37(53-36)39-16-30(22-67-47(50)51)26(5)58(39)46(60)43(25(3)4)56-49(62)65-8;1-40(2,3)51-39(47)46-18-23(20-50-38(41)42)12-35(46)33-15-30-29-16-36-31(14-24(29)8-10-32(30)44-33)28-9-7-25(13-27(28)21-49-36)34-17-43-37(45-34)26-6-5-22(11-26)19-48-4/h9-12,14-15,18-19,24-27,30,39-40,42-43,47H,13,16-17,20-23H2,1-8H3,(H,52,54)(H,55,61)(H,56,62);7-10,13-14,16-17,22-23,26,35,38H,5-6,11-12,15,18-21H2,1-4H3,(H,43,45)/t26-,27-,30+,39-,40-,42-,43-;22-,23+,26+,35+/m01/s1. The minimum absolute atomic E-state index is 0.0827. The first-order valence-corrected chi connectivity index (χ1v) is 40.7. The van der Waals surface area contributed by atoms with Crippen LogP contribution in [0, 0.1) is 35.5 Å². The molecule has 11 atom stereocenters. The van der Waals surface area contributed by atoms with Gasteiger partial charge in [-0.15, -0.1) is 0 Å². The van der Waals surface area contributed by atoms with Crippen molar-refractivity contribution in [2.45, 2.75) is 181 Å². The summed E-state index contributed by atoms with van der Waals surface area (Å²) >= 11 is 0. The number of aromatic nitrogens is 4. The van der Waals surface area contributed by atoms with Crippen LogP contribution in [0.15, 0.2) is 107 Å². The lowest BCUT2D eigenvalue weighted by atomic mass is 9.90. The maximum Gasteiger partial charge on any atom is 0.410 e. The van der Waals surface area contributed by atoms with E-state index in [1.807, 2.05) is 91.9 Å². The van der Waals surface area contributed by atoms with Crippen LogP contribution in [-0.2, 0) is 68.8 Å². The summed E-state index contributed by atoms with van der Waals surface area (Å²) in [5.41, 5.74) is 14.6. The van der Waals surface area contributed by atoms with Gasteiger partial charge in [0.1, 0.15) is 54.0 Å².